The Morgan fingerprint density at radius 1 is 1.39 bits per heavy atom. The average Bonchev–Trinajstić information content (AvgIpc) is 3.47. The van der Waals surface area contributed by atoms with Crippen molar-refractivity contribution in [2.45, 2.75) is 58.0 Å². The number of nitriles is 1. The number of amides is 1. The lowest BCUT2D eigenvalue weighted by molar-refractivity contribution is 0.186. The number of ether oxygens (including phenoxy) is 1. The summed E-state index contributed by atoms with van der Waals surface area (Å²) in [5.74, 6) is 0.0235. The number of carbonyl (C=O) groups is 1. The first kappa shape index (κ1) is 22.9. The lowest BCUT2D eigenvalue weighted by Gasteiger charge is -2.26. The van der Waals surface area contributed by atoms with E-state index in [1.54, 1.807) is 4.57 Å². The molecule has 0 spiro atoms. The topological polar surface area (TPSA) is 108 Å². The number of anilines is 1. The van der Waals surface area contributed by atoms with E-state index in [0.717, 1.165) is 19.3 Å². The van der Waals surface area contributed by atoms with Gasteiger partial charge in [-0.3, -0.25) is 4.79 Å². The molecular formula is C24H29FN4O4. The zero-order valence-corrected chi connectivity index (χ0v) is 18.9. The maximum Gasteiger partial charge on any atom is 0.404 e. The number of carboxylic acid groups (broad SMARTS) is 1. The van der Waals surface area contributed by atoms with Crippen LogP contribution in [0.15, 0.2) is 16.9 Å². The molecule has 0 radical (unpaired) electrons. The number of aromatic nitrogens is 1. The highest BCUT2D eigenvalue weighted by molar-refractivity contribution is 5.92. The number of hydrogen-bond donors (Lipinski definition) is 2. The van der Waals surface area contributed by atoms with Crippen LogP contribution >= 0.6 is 0 Å². The summed E-state index contributed by atoms with van der Waals surface area (Å²) in [6.07, 6.45) is 2.38. The summed E-state index contributed by atoms with van der Waals surface area (Å²) >= 11 is 0. The number of nitrogens with zero attached hydrogens (tertiary/aromatic N) is 3. The van der Waals surface area contributed by atoms with E-state index in [1.807, 2.05) is 18.7 Å². The van der Waals surface area contributed by atoms with Crippen molar-refractivity contribution in [3.05, 3.63) is 33.9 Å². The standard InChI is InChI=1S/C24H29FN4O4/c1-14-22-18(20(33-10-4-3-8-26)12-21(30)29(22)17-5-6-17)11-19(25)23(14)28-9-7-16(13-28)15(2)27-24(31)32/h11-12,15-17,27H,3-7,9-10,13H2,1-2H3,(H,31,32)/t15-,16?/m0/s1. The van der Waals surface area contributed by atoms with E-state index in [9.17, 15) is 9.59 Å². The lowest BCUT2D eigenvalue weighted by Crippen LogP contribution is -2.38. The summed E-state index contributed by atoms with van der Waals surface area (Å²) in [5, 5.41) is 20.8. The first-order valence-electron chi connectivity index (χ1n) is 11.4. The second-order valence-corrected chi connectivity index (χ2v) is 9.02. The molecule has 8 nitrogen and oxygen atoms in total. The van der Waals surface area contributed by atoms with Gasteiger partial charge in [0.2, 0.25) is 0 Å². The first-order valence-corrected chi connectivity index (χ1v) is 11.4. The van der Waals surface area contributed by atoms with Crippen LogP contribution in [0.2, 0.25) is 0 Å². The van der Waals surface area contributed by atoms with Gasteiger partial charge in [-0.15, -0.1) is 0 Å². The quantitative estimate of drug-likeness (QED) is 0.583. The third-order valence-electron chi connectivity index (χ3n) is 6.66. The van der Waals surface area contributed by atoms with Gasteiger partial charge in [0, 0.05) is 43.0 Å². The van der Waals surface area contributed by atoms with Crippen molar-refractivity contribution in [3.8, 4) is 11.8 Å². The van der Waals surface area contributed by atoms with Gasteiger partial charge in [0.1, 0.15) is 11.6 Å². The molecule has 2 heterocycles. The van der Waals surface area contributed by atoms with Crippen molar-refractivity contribution in [1.29, 1.82) is 5.26 Å². The highest BCUT2D eigenvalue weighted by Gasteiger charge is 2.33. The molecule has 1 amide bonds. The number of hydrogen-bond acceptors (Lipinski definition) is 5. The fraction of sp³-hybridized carbons (Fsp3) is 0.542. The van der Waals surface area contributed by atoms with Gasteiger partial charge < -0.3 is 24.6 Å². The van der Waals surface area contributed by atoms with Crippen LogP contribution in [0.25, 0.3) is 10.9 Å². The number of rotatable bonds is 8. The summed E-state index contributed by atoms with van der Waals surface area (Å²) in [6.45, 7) is 5.08. The van der Waals surface area contributed by atoms with Gasteiger partial charge in [-0.25, -0.2) is 9.18 Å². The number of unbranched alkanes of at least 4 members (excludes halogenated alkanes) is 1. The molecule has 1 aliphatic heterocycles. The van der Waals surface area contributed by atoms with Crippen molar-refractivity contribution < 1.29 is 19.0 Å². The molecule has 1 aliphatic carbocycles. The van der Waals surface area contributed by atoms with Gasteiger partial charge in [0.05, 0.1) is 23.9 Å². The van der Waals surface area contributed by atoms with Gasteiger partial charge in [-0.1, -0.05) is 0 Å². The molecule has 2 N–H and O–H groups in total. The Morgan fingerprint density at radius 3 is 2.82 bits per heavy atom. The van der Waals surface area contributed by atoms with Crippen molar-refractivity contribution in [2.24, 2.45) is 5.92 Å². The largest absolute Gasteiger partial charge is 0.493 e. The molecule has 1 saturated carbocycles. The summed E-state index contributed by atoms with van der Waals surface area (Å²) in [5.41, 5.74) is 1.68. The number of pyridine rings is 1. The molecule has 176 valence electrons. The zero-order valence-electron chi connectivity index (χ0n) is 18.9. The maximum absolute atomic E-state index is 15.5. The highest BCUT2D eigenvalue weighted by Crippen LogP contribution is 2.42. The molecule has 2 fully saturated rings. The first-order chi connectivity index (χ1) is 15.8. The monoisotopic (exact) mass is 456 g/mol. The molecular weight excluding hydrogens is 427 g/mol. The average molecular weight is 457 g/mol. The Labute approximate surface area is 191 Å². The van der Waals surface area contributed by atoms with E-state index < -0.39 is 6.09 Å². The van der Waals surface area contributed by atoms with E-state index >= 15 is 4.39 Å². The molecule has 1 unspecified atom stereocenters. The lowest BCUT2D eigenvalue weighted by atomic mass is 10.0. The Morgan fingerprint density at radius 2 is 2.15 bits per heavy atom. The Balaban J connectivity index is 1.74. The number of benzene rings is 1. The number of nitrogens with one attached hydrogen (secondary N) is 1. The van der Waals surface area contributed by atoms with E-state index in [4.69, 9.17) is 15.1 Å². The molecule has 2 aliphatic rings. The van der Waals surface area contributed by atoms with Crippen molar-refractivity contribution in [1.82, 2.24) is 9.88 Å². The highest BCUT2D eigenvalue weighted by atomic mass is 19.1. The van der Waals surface area contributed by atoms with E-state index in [-0.39, 0.29) is 36.0 Å². The molecule has 1 aromatic heterocycles. The smallest absolute Gasteiger partial charge is 0.404 e. The summed E-state index contributed by atoms with van der Waals surface area (Å²) in [6, 6.07) is 4.80. The third kappa shape index (κ3) is 4.61. The number of halogens is 1. The summed E-state index contributed by atoms with van der Waals surface area (Å²) in [4.78, 5) is 26.0. The summed E-state index contributed by atoms with van der Waals surface area (Å²) < 4.78 is 23.1. The fourth-order valence-electron chi connectivity index (χ4n) is 4.87. The normalized spacial score (nSPS) is 18.8. The Bertz CT molecular complexity index is 1170. The predicted molar refractivity (Wildman–Crippen MR) is 122 cm³/mol. The van der Waals surface area contributed by atoms with Crippen LogP contribution in [-0.4, -0.2) is 41.5 Å². The van der Waals surface area contributed by atoms with E-state index in [1.165, 1.54) is 12.1 Å². The van der Waals surface area contributed by atoms with Gasteiger partial charge in [-0.2, -0.15) is 5.26 Å². The van der Waals surface area contributed by atoms with Crippen LogP contribution in [0.5, 0.6) is 5.75 Å². The number of aryl methyl sites for hydroxylation is 1. The maximum atomic E-state index is 15.5. The number of fused-ring (bicyclic) bond motifs is 1. The molecule has 9 heteroatoms. The second kappa shape index (κ2) is 9.30. The van der Waals surface area contributed by atoms with Crippen molar-refractivity contribution in [2.75, 3.05) is 24.6 Å². The Hall–Kier alpha value is -3.28. The molecule has 2 atom stereocenters. The van der Waals surface area contributed by atoms with Crippen LogP contribution in [0.4, 0.5) is 14.9 Å². The van der Waals surface area contributed by atoms with Crippen molar-refractivity contribution in [3.63, 3.8) is 0 Å². The SMILES string of the molecule is Cc1c(N2CCC([C@H](C)NC(=O)O)C2)c(F)cc2c(OCCCC#N)cc(=O)n(C3CC3)c12. The van der Waals surface area contributed by atoms with Crippen LogP contribution in [0.3, 0.4) is 0 Å². The fourth-order valence-corrected chi connectivity index (χ4v) is 4.87. The Kier molecular flexibility index (Phi) is 6.45. The van der Waals surface area contributed by atoms with Crippen LogP contribution in [0, 0.1) is 30.0 Å². The van der Waals surface area contributed by atoms with Gasteiger partial charge in [0.15, 0.2) is 0 Å². The molecule has 4 rings (SSSR count). The predicted octanol–water partition coefficient (Wildman–Crippen LogP) is 3.95. The summed E-state index contributed by atoms with van der Waals surface area (Å²) in [7, 11) is 0. The van der Waals surface area contributed by atoms with Crippen molar-refractivity contribution >= 4 is 22.7 Å². The molecule has 2 aromatic rings. The molecule has 33 heavy (non-hydrogen) atoms. The minimum absolute atomic E-state index is 0.0658. The zero-order chi connectivity index (χ0) is 23.7. The van der Waals surface area contributed by atoms with Crippen LogP contribution < -0.4 is 20.5 Å². The molecule has 1 saturated heterocycles. The van der Waals surface area contributed by atoms with Gasteiger partial charge in [0.25, 0.3) is 5.56 Å². The van der Waals surface area contributed by atoms with Crippen LogP contribution in [-0.2, 0) is 0 Å². The minimum Gasteiger partial charge on any atom is -0.493 e. The minimum atomic E-state index is -1.07. The molecule has 1 aromatic carbocycles. The van der Waals surface area contributed by atoms with E-state index in [2.05, 4.69) is 11.4 Å². The molecule has 0 bridgehead atoms. The van der Waals surface area contributed by atoms with Crippen LogP contribution in [0.1, 0.15) is 50.6 Å². The van der Waals surface area contributed by atoms with Gasteiger partial charge >= 0.3 is 6.09 Å². The van der Waals surface area contributed by atoms with Gasteiger partial charge in [-0.05, 0) is 57.1 Å². The van der Waals surface area contributed by atoms with E-state index in [0.29, 0.717) is 53.8 Å². The second-order valence-electron chi connectivity index (χ2n) is 9.02. The third-order valence-corrected chi connectivity index (χ3v) is 6.66.